The first-order valence-electron chi connectivity index (χ1n) is 5.36. The molecule has 0 spiro atoms. The molecule has 0 aliphatic heterocycles. The molecular formula is C10H14N2O3S2. The van der Waals surface area contributed by atoms with Gasteiger partial charge in [0, 0.05) is 17.3 Å². The first-order valence-corrected chi connectivity index (χ1v) is 7.72. The van der Waals surface area contributed by atoms with Crippen LogP contribution in [0.3, 0.4) is 0 Å². The molecule has 3 N–H and O–H groups in total. The van der Waals surface area contributed by atoms with E-state index in [2.05, 4.69) is 5.32 Å². The molecule has 94 valence electrons. The van der Waals surface area contributed by atoms with Crippen LogP contribution in [0.1, 0.15) is 17.7 Å². The SMILES string of the molecule is NS(=O)(=O)c1ccc(CCNC(=O)C2CC2)s1. The maximum atomic E-state index is 11.3. The molecule has 1 amide bonds. The fourth-order valence-electron chi connectivity index (χ4n) is 1.44. The number of rotatable bonds is 5. The van der Waals surface area contributed by atoms with Crippen LogP contribution in [0.15, 0.2) is 16.3 Å². The number of carbonyl (C=O) groups is 1. The van der Waals surface area contributed by atoms with Crippen molar-refractivity contribution in [3.8, 4) is 0 Å². The van der Waals surface area contributed by atoms with Gasteiger partial charge in [0.1, 0.15) is 4.21 Å². The lowest BCUT2D eigenvalue weighted by Crippen LogP contribution is -2.26. The Hall–Kier alpha value is -0.920. The van der Waals surface area contributed by atoms with Crippen LogP contribution in [0.5, 0.6) is 0 Å². The summed E-state index contributed by atoms with van der Waals surface area (Å²) in [6.07, 6.45) is 2.61. The number of sulfonamides is 1. The maximum absolute atomic E-state index is 11.3. The topological polar surface area (TPSA) is 89.3 Å². The molecule has 1 saturated carbocycles. The third kappa shape index (κ3) is 3.52. The van der Waals surface area contributed by atoms with Crippen molar-refractivity contribution in [3.63, 3.8) is 0 Å². The summed E-state index contributed by atoms with van der Waals surface area (Å²) in [7, 11) is -3.60. The van der Waals surface area contributed by atoms with Crippen LogP contribution in [-0.4, -0.2) is 20.9 Å². The highest BCUT2D eigenvalue weighted by atomic mass is 32.2. The number of carbonyl (C=O) groups excluding carboxylic acids is 1. The van der Waals surface area contributed by atoms with E-state index in [1.54, 1.807) is 6.07 Å². The van der Waals surface area contributed by atoms with Crippen molar-refractivity contribution in [3.05, 3.63) is 17.0 Å². The molecule has 1 heterocycles. The second-order valence-corrected chi connectivity index (χ2v) is 7.04. The third-order valence-corrected chi connectivity index (χ3v) is 5.12. The van der Waals surface area contributed by atoms with Gasteiger partial charge in [-0.15, -0.1) is 11.3 Å². The molecule has 0 bridgehead atoms. The Balaban J connectivity index is 1.83. The van der Waals surface area contributed by atoms with Crippen molar-refractivity contribution in [2.24, 2.45) is 11.1 Å². The summed E-state index contributed by atoms with van der Waals surface area (Å²) in [5.74, 6) is 0.312. The number of thiophene rings is 1. The maximum Gasteiger partial charge on any atom is 0.247 e. The van der Waals surface area contributed by atoms with Crippen LogP contribution in [0.2, 0.25) is 0 Å². The van der Waals surface area contributed by atoms with Crippen molar-refractivity contribution in [2.75, 3.05) is 6.54 Å². The van der Waals surface area contributed by atoms with Crippen molar-refractivity contribution < 1.29 is 13.2 Å². The van der Waals surface area contributed by atoms with Gasteiger partial charge in [-0.2, -0.15) is 0 Å². The van der Waals surface area contributed by atoms with Gasteiger partial charge in [-0.3, -0.25) is 4.79 Å². The zero-order valence-corrected chi connectivity index (χ0v) is 10.8. The Morgan fingerprint density at radius 2 is 2.18 bits per heavy atom. The monoisotopic (exact) mass is 274 g/mol. The highest BCUT2D eigenvalue weighted by molar-refractivity contribution is 7.91. The fourth-order valence-corrected chi connectivity index (χ4v) is 3.22. The molecule has 1 aliphatic carbocycles. The standard InChI is InChI=1S/C10H14N2O3S2/c11-17(14,15)9-4-3-8(16-9)5-6-12-10(13)7-1-2-7/h3-4,7H,1-2,5-6H2,(H,12,13)(H2,11,14,15). The van der Waals surface area contributed by atoms with E-state index < -0.39 is 10.0 Å². The minimum absolute atomic E-state index is 0.105. The van der Waals surface area contributed by atoms with Crippen LogP contribution >= 0.6 is 11.3 Å². The average molecular weight is 274 g/mol. The molecule has 0 saturated heterocycles. The molecule has 17 heavy (non-hydrogen) atoms. The quantitative estimate of drug-likeness (QED) is 0.817. The number of hydrogen-bond donors (Lipinski definition) is 2. The summed E-state index contributed by atoms with van der Waals surface area (Å²) in [4.78, 5) is 12.2. The highest BCUT2D eigenvalue weighted by Crippen LogP contribution is 2.28. The largest absolute Gasteiger partial charge is 0.356 e. The molecule has 7 heteroatoms. The summed E-state index contributed by atoms with van der Waals surface area (Å²) in [6.45, 7) is 0.542. The van der Waals surface area contributed by atoms with Crippen LogP contribution in [0, 0.1) is 5.92 Å². The Morgan fingerprint density at radius 1 is 1.47 bits per heavy atom. The zero-order chi connectivity index (χ0) is 12.5. The minimum atomic E-state index is -3.60. The Bertz CT molecular complexity index is 517. The average Bonchev–Trinajstić information content (AvgIpc) is 2.97. The molecule has 1 fully saturated rings. The lowest BCUT2D eigenvalue weighted by Gasteiger charge is -2.01. The number of nitrogens with two attached hydrogens (primary N) is 1. The predicted octanol–water partition coefficient (Wildman–Crippen LogP) is 0.464. The van der Waals surface area contributed by atoms with Crippen molar-refractivity contribution in [1.29, 1.82) is 0 Å². The van der Waals surface area contributed by atoms with E-state index in [0.717, 1.165) is 29.1 Å². The van der Waals surface area contributed by atoms with E-state index in [1.807, 2.05) is 0 Å². The van der Waals surface area contributed by atoms with Gasteiger partial charge in [-0.25, -0.2) is 13.6 Å². The number of primary sulfonamides is 1. The molecule has 0 radical (unpaired) electrons. The van der Waals surface area contributed by atoms with Crippen LogP contribution in [0.25, 0.3) is 0 Å². The van der Waals surface area contributed by atoms with Gasteiger partial charge in [0.2, 0.25) is 15.9 Å². The van der Waals surface area contributed by atoms with E-state index in [-0.39, 0.29) is 16.0 Å². The molecule has 1 aromatic rings. The molecule has 0 unspecified atom stereocenters. The van der Waals surface area contributed by atoms with Gasteiger partial charge in [0.15, 0.2) is 0 Å². The Labute approximate surface area is 104 Å². The van der Waals surface area contributed by atoms with E-state index in [1.165, 1.54) is 6.07 Å². The van der Waals surface area contributed by atoms with E-state index in [4.69, 9.17) is 5.14 Å². The van der Waals surface area contributed by atoms with E-state index in [0.29, 0.717) is 13.0 Å². The molecule has 1 aromatic heterocycles. The first-order chi connectivity index (χ1) is 7.97. The first kappa shape index (κ1) is 12.5. The summed E-state index contributed by atoms with van der Waals surface area (Å²) < 4.78 is 22.3. The van der Waals surface area contributed by atoms with Gasteiger partial charge in [-0.05, 0) is 31.4 Å². The summed E-state index contributed by atoms with van der Waals surface area (Å²) >= 11 is 1.15. The summed E-state index contributed by atoms with van der Waals surface area (Å²) in [6, 6.07) is 3.23. The third-order valence-electron chi connectivity index (χ3n) is 2.54. The molecular weight excluding hydrogens is 260 g/mol. The second kappa shape index (κ2) is 4.75. The van der Waals surface area contributed by atoms with Gasteiger partial charge >= 0.3 is 0 Å². The van der Waals surface area contributed by atoms with Crippen molar-refractivity contribution in [1.82, 2.24) is 5.32 Å². The lowest BCUT2D eigenvalue weighted by molar-refractivity contribution is -0.122. The fraction of sp³-hybridized carbons (Fsp3) is 0.500. The molecule has 1 aliphatic rings. The smallest absolute Gasteiger partial charge is 0.247 e. The minimum Gasteiger partial charge on any atom is -0.356 e. The molecule has 0 aromatic carbocycles. The van der Waals surface area contributed by atoms with Crippen LogP contribution in [0.4, 0.5) is 0 Å². The van der Waals surface area contributed by atoms with E-state index >= 15 is 0 Å². The van der Waals surface area contributed by atoms with Crippen molar-refractivity contribution in [2.45, 2.75) is 23.5 Å². The lowest BCUT2D eigenvalue weighted by atomic mass is 10.3. The van der Waals surface area contributed by atoms with Gasteiger partial charge in [-0.1, -0.05) is 0 Å². The Morgan fingerprint density at radius 3 is 2.71 bits per heavy atom. The predicted molar refractivity (Wildman–Crippen MR) is 65.1 cm³/mol. The second-order valence-electron chi connectivity index (χ2n) is 4.08. The van der Waals surface area contributed by atoms with Crippen molar-refractivity contribution >= 4 is 27.3 Å². The molecule has 2 rings (SSSR count). The molecule has 5 nitrogen and oxygen atoms in total. The number of nitrogens with one attached hydrogen (secondary N) is 1. The van der Waals surface area contributed by atoms with E-state index in [9.17, 15) is 13.2 Å². The summed E-state index contributed by atoms with van der Waals surface area (Å²) in [5.41, 5.74) is 0. The number of amides is 1. The van der Waals surface area contributed by atoms with Gasteiger partial charge in [0.05, 0.1) is 0 Å². The normalized spacial score (nSPS) is 15.8. The summed E-state index contributed by atoms with van der Waals surface area (Å²) in [5, 5.41) is 7.84. The van der Waals surface area contributed by atoms with Crippen LogP contribution < -0.4 is 10.5 Å². The zero-order valence-electron chi connectivity index (χ0n) is 9.18. The number of hydrogen-bond acceptors (Lipinski definition) is 4. The highest BCUT2D eigenvalue weighted by Gasteiger charge is 2.29. The van der Waals surface area contributed by atoms with Gasteiger partial charge < -0.3 is 5.32 Å². The van der Waals surface area contributed by atoms with Crippen LogP contribution in [-0.2, 0) is 21.2 Å². The Kier molecular flexibility index (Phi) is 3.50. The van der Waals surface area contributed by atoms with Gasteiger partial charge in [0.25, 0.3) is 0 Å². The molecule has 0 atom stereocenters.